The number of carbonyl (C=O) groups excluding carboxylic acids is 5. The molecule has 1 aliphatic heterocycles. The van der Waals surface area contributed by atoms with Gasteiger partial charge in [-0.1, -0.05) is 0 Å². The van der Waals surface area contributed by atoms with Gasteiger partial charge in [-0.15, -0.1) is 0 Å². The first kappa shape index (κ1) is 66.2. The SMILES string of the molecule is CC(C(=O)NCC(=O)N(CCOCCC(F)(F)C(F)(F)C(F)(F)C(F)(F)C(F)(F)C(F)(F)C(F)(F)C(F)(F)F)CC(O)CO)N1CCN(CC(=O)[O-])CCN(CC(=O)[O-])CCN(CC(=O)[O-])CC1.[Gd+3]. The fourth-order valence-corrected chi connectivity index (χ4v) is 6.01. The number of alkyl halides is 17. The Kier molecular flexibility index (Phi) is 25.2. The first-order valence-corrected chi connectivity index (χ1v) is 19.4. The van der Waals surface area contributed by atoms with Crippen molar-refractivity contribution in [3.63, 3.8) is 0 Å². The summed E-state index contributed by atoms with van der Waals surface area (Å²) in [4.78, 5) is 66.3. The average molecular weight is 1190 g/mol. The Morgan fingerprint density at radius 1 is 0.609 bits per heavy atom. The van der Waals surface area contributed by atoms with Crippen LogP contribution in [0.2, 0.25) is 0 Å². The summed E-state index contributed by atoms with van der Waals surface area (Å²) in [6.07, 6.45) is -12.6. The number of rotatable bonds is 25. The van der Waals surface area contributed by atoms with Crippen molar-refractivity contribution >= 4 is 29.7 Å². The molecule has 2 unspecified atom stereocenters. The Hall–Kier alpha value is -2.80. The third-order valence-electron chi connectivity index (χ3n) is 10.1. The van der Waals surface area contributed by atoms with E-state index in [0.717, 1.165) is 0 Å². The third kappa shape index (κ3) is 16.9. The van der Waals surface area contributed by atoms with Crippen LogP contribution >= 0.6 is 0 Å². The number of ether oxygens (including phenoxy) is 1. The van der Waals surface area contributed by atoms with Gasteiger partial charge in [0.25, 0.3) is 0 Å². The minimum atomic E-state index is -8.79. The van der Waals surface area contributed by atoms with Crippen molar-refractivity contribution < 1.29 is 169 Å². The second-order valence-electron chi connectivity index (χ2n) is 15.1. The number of carboxylic acid groups (broad SMARTS) is 3. The van der Waals surface area contributed by atoms with E-state index < -0.39 is 155 Å². The number of hydrogen-bond donors (Lipinski definition) is 3. The Labute approximate surface area is 411 Å². The molecule has 0 aliphatic carbocycles. The predicted octanol–water partition coefficient (Wildman–Crippen LogP) is -2.44. The van der Waals surface area contributed by atoms with Crippen molar-refractivity contribution in [1.29, 1.82) is 0 Å². The molecule has 17 nitrogen and oxygen atoms in total. The molecule has 0 aromatic heterocycles. The summed E-state index contributed by atoms with van der Waals surface area (Å²) >= 11 is 0. The molecule has 0 saturated carbocycles. The van der Waals surface area contributed by atoms with Gasteiger partial charge in [0.2, 0.25) is 11.8 Å². The van der Waals surface area contributed by atoms with Gasteiger partial charge >= 0.3 is 87.6 Å². The summed E-state index contributed by atoms with van der Waals surface area (Å²) in [6.45, 7) is -8.42. The normalized spacial score (nSPS) is 17.7. The minimum absolute atomic E-state index is 0. The molecular weight excluding hydrogens is 1150 g/mol. The van der Waals surface area contributed by atoms with Gasteiger partial charge in [-0.05, 0) is 6.92 Å². The maximum absolute atomic E-state index is 14.3. The van der Waals surface area contributed by atoms with Crippen LogP contribution in [0.25, 0.3) is 0 Å². The zero-order valence-corrected chi connectivity index (χ0v) is 37.7. The molecular formula is C34H44F17GdN6O11. The summed E-state index contributed by atoms with van der Waals surface area (Å²) in [5.41, 5.74) is 0. The van der Waals surface area contributed by atoms with Gasteiger partial charge in [-0.25, -0.2) is 0 Å². The molecule has 1 radical (unpaired) electrons. The van der Waals surface area contributed by atoms with Gasteiger partial charge in [0, 0.05) is 91.5 Å². The molecule has 2 amide bonds. The van der Waals surface area contributed by atoms with Crippen molar-refractivity contribution in [1.82, 2.24) is 29.8 Å². The zero-order valence-electron chi connectivity index (χ0n) is 35.5. The second kappa shape index (κ2) is 26.2. The molecule has 1 saturated heterocycles. The maximum atomic E-state index is 14.3. The van der Waals surface area contributed by atoms with Gasteiger partial charge < -0.3 is 54.9 Å². The van der Waals surface area contributed by atoms with Crippen LogP contribution in [0.1, 0.15) is 13.3 Å². The molecule has 69 heavy (non-hydrogen) atoms. The molecule has 0 bridgehead atoms. The van der Waals surface area contributed by atoms with E-state index in [0.29, 0.717) is 4.90 Å². The molecule has 0 spiro atoms. The summed E-state index contributed by atoms with van der Waals surface area (Å²) in [6, 6.07) is -1.23. The minimum Gasteiger partial charge on any atom is -0.549 e. The van der Waals surface area contributed by atoms with E-state index >= 15 is 0 Å². The van der Waals surface area contributed by atoms with Crippen LogP contribution in [0.3, 0.4) is 0 Å². The van der Waals surface area contributed by atoms with Crippen LogP contribution in [0.5, 0.6) is 0 Å². The standard InChI is InChI=1S/C34H47F17N6O11.Gd/c1-20(56-9-7-54(17-24(63)64)5-3-53(16-23(61)62)4-6-55(8-10-56)18-25(65)66)26(67)52-14-22(60)57(15-21(59)19-58)11-13-68-12-2-27(35,36)28(37,38)29(39,40)30(41,42)31(43,44)32(45,46)33(47,48)34(49,50)51;/h20-21,58-59H,2-19H2,1H3,(H,52,67)(H,61,62)(H,63,64)(H,65,66);/q;+3/p-3. The first-order chi connectivity index (χ1) is 30.7. The Balaban J connectivity index is 0.0000462. The Morgan fingerprint density at radius 2 is 0.971 bits per heavy atom. The molecule has 403 valence electrons. The molecule has 2 atom stereocenters. The summed E-state index contributed by atoms with van der Waals surface area (Å²) in [5, 5.41) is 55.4. The van der Waals surface area contributed by atoms with Crippen LogP contribution in [-0.4, -0.2) is 236 Å². The van der Waals surface area contributed by atoms with Crippen molar-refractivity contribution in [3.8, 4) is 0 Å². The fourth-order valence-electron chi connectivity index (χ4n) is 6.01. The maximum Gasteiger partial charge on any atom is 3.00 e. The van der Waals surface area contributed by atoms with E-state index in [1.165, 1.54) is 26.5 Å². The molecule has 1 rings (SSSR count). The van der Waals surface area contributed by atoms with Crippen LogP contribution < -0.4 is 20.6 Å². The number of nitrogens with zero attached hydrogens (tertiary/aromatic N) is 5. The van der Waals surface area contributed by atoms with E-state index in [4.69, 9.17) is 0 Å². The molecule has 1 fully saturated rings. The average Bonchev–Trinajstić information content (AvgIpc) is 3.20. The monoisotopic (exact) mass is 1190 g/mol. The molecule has 3 N–H and O–H groups in total. The third-order valence-corrected chi connectivity index (χ3v) is 10.1. The predicted molar refractivity (Wildman–Crippen MR) is 184 cm³/mol. The van der Waals surface area contributed by atoms with E-state index in [2.05, 4.69) is 10.1 Å². The number of nitrogens with one attached hydrogen (secondary N) is 1. The van der Waals surface area contributed by atoms with Gasteiger partial charge in [-0.2, -0.15) is 74.6 Å². The Bertz CT molecular complexity index is 1680. The van der Waals surface area contributed by atoms with E-state index in [9.17, 15) is 124 Å². The molecule has 0 aromatic rings. The summed E-state index contributed by atoms with van der Waals surface area (Å²) in [5.74, 6) is -64.4. The smallest absolute Gasteiger partial charge is 0.549 e. The summed E-state index contributed by atoms with van der Waals surface area (Å²) < 4.78 is 235. The summed E-state index contributed by atoms with van der Waals surface area (Å²) in [7, 11) is 0. The van der Waals surface area contributed by atoms with Gasteiger partial charge in [0.15, 0.2) is 0 Å². The van der Waals surface area contributed by atoms with Crippen molar-refractivity contribution in [2.24, 2.45) is 0 Å². The number of aliphatic carboxylic acids is 3. The van der Waals surface area contributed by atoms with Crippen LogP contribution in [0.15, 0.2) is 0 Å². The number of halogens is 17. The second-order valence-corrected chi connectivity index (χ2v) is 15.1. The number of carbonyl (C=O) groups is 5. The topological polar surface area (TPSA) is 232 Å². The quantitative estimate of drug-likeness (QED) is 0.0637. The molecule has 35 heteroatoms. The largest absolute Gasteiger partial charge is 3.00 e. The van der Waals surface area contributed by atoms with E-state index in [-0.39, 0.29) is 92.3 Å². The van der Waals surface area contributed by atoms with Gasteiger partial charge in [-0.3, -0.25) is 29.2 Å². The first-order valence-electron chi connectivity index (χ1n) is 19.4. The van der Waals surface area contributed by atoms with Crippen molar-refractivity contribution in [2.75, 3.05) is 111 Å². The number of amides is 2. The van der Waals surface area contributed by atoms with E-state index in [1.807, 2.05) is 0 Å². The number of aliphatic hydroxyl groups is 2. The zero-order chi connectivity index (χ0) is 53.1. The number of hydrogen-bond acceptors (Lipinski definition) is 15. The molecule has 0 aromatic carbocycles. The van der Waals surface area contributed by atoms with Crippen LogP contribution in [-0.2, 0) is 28.7 Å². The molecule has 1 heterocycles. The molecule has 1 aliphatic rings. The Morgan fingerprint density at radius 3 is 1.33 bits per heavy atom. The van der Waals surface area contributed by atoms with Gasteiger partial charge in [0.1, 0.15) is 0 Å². The number of aliphatic hydroxyl groups excluding tert-OH is 2. The van der Waals surface area contributed by atoms with E-state index in [1.54, 1.807) is 0 Å². The van der Waals surface area contributed by atoms with Gasteiger partial charge in [0.05, 0.1) is 56.4 Å². The van der Waals surface area contributed by atoms with Crippen molar-refractivity contribution in [2.45, 2.75) is 73.1 Å². The number of carboxylic acids is 3. The van der Waals surface area contributed by atoms with Crippen LogP contribution in [0.4, 0.5) is 74.6 Å². The fraction of sp³-hybridized carbons (Fsp3) is 0.853. The van der Waals surface area contributed by atoms with Crippen molar-refractivity contribution in [3.05, 3.63) is 0 Å². The van der Waals surface area contributed by atoms with Crippen LogP contribution in [0, 0.1) is 39.9 Å².